The molecule has 0 bridgehead atoms. The fraction of sp³-hybridized carbons (Fsp3) is 0.154. The molecule has 3 aromatic rings. The molecule has 0 saturated carbocycles. The molecule has 0 spiro atoms. The SMILES string of the molecule is CCn1c(=S)sc2ccc3ccccc3c21. The Morgan fingerprint density at radius 3 is 2.81 bits per heavy atom. The first-order chi connectivity index (χ1) is 7.81. The number of benzene rings is 2. The quantitative estimate of drug-likeness (QED) is 0.567. The Bertz CT molecular complexity index is 721. The molecule has 3 rings (SSSR count). The number of hydrogen-bond donors (Lipinski definition) is 0. The smallest absolute Gasteiger partial charge is 0.162 e. The average Bonchev–Trinajstić information content (AvgIpc) is 2.65. The van der Waals surface area contributed by atoms with Crippen molar-refractivity contribution in [2.24, 2.45) is 0 Å². The molecule has 0 fully saturated rings. The molecule has 0 aliphatic rings. The van der Waals surface area contributed by atoms with Crippen molar-refractivity contribution in [3.8, 4) is 0 Å². The van der Waals surface area contributed by atoms with Crippen LogP contribution in [0.3, 0.4) is 0 Å². The number of fused-ring (bicyclic) bond motifs is 3. The van der Waals surface area contributed by atoms with Crippen LogP contribution < -0.4 is 0 Å². The van der Waals surface area contributed by atoms with E-state index >= 15 is 0 Å². The molecule has 1 nitrogen and oxygen atoms in total. The van der Waals surface area contributed by atoms with Gasteiger partial charge in [0.1, 0.15) is 0 Å². The molecular weight excluding hydrogens is 234 g/mol. The van der Waals surface area contributed by atoms with Crippen molar-refractivity contribution in [3.63, 3.8) is 0 Å². The average molecular weight is 245 g/mol. The van der Waals surface area contributed by atoms with Gasteiger partial charge >= 0.3 is 0 Å². The lowest BCUT2D eigenvalue weighted by Crippen LogP contribution is -1.93. The van der Waals surface area contributed by atoms with E-state index in [1.54, 1.807) is 11.3 Å². The topological polar surface area (TPSA) is 4.93 Å². The Morgan fingerprint density at radius 1 is 1.19 bits per heavy atom. The molecule has 3 heteroatoms. The molecular formula is C13H11NS2. The van der Waals surface area contributed by atoms with E-state index in [0.29, 0.717) is 0 Å². The van der Waals surface area contributed by atoms with Crippen LogP contribution in [-0.2, 0) is 6.54 Å². The summed E-state index contributed by atoms with van der Waals surface area (Å²) in [6.07, 6.45) is 0. The Balaban J connectivity index is 2.62. The summed E-state index contributed by atoms with van der Waals surface area (Å²) in [5.74, 6) is 0. The van der Waals surface area contributed by atoms with Crippen LogP contribution in [0.25, 0.3) is 21.0 Å². The highest BCUT2D eigenvalue weighted by Crippen LogP contribution is 2.30. The number of hydrogen-bond acceptors (Lipinski definition) is 2. The van der Waals surface area contributed by atoms with E-state index in [2.05, 4.69) is 47.9 Å². The number of nitrogens with zero attached hydrogens (tertiary/aromatic N) is 1. The summed E-state index contributed by atoms with van der Waals surface area (Å²) in [5.41, 5.74) is 1.29. The van der Waals surface area contributed by atoms with Gasteiger partial charge in [-0.3, -0.25) is 0 Å². The summed E-state index contributed by atoms with van der Waals surface area (Å²) in [5, 5.41) is 2.58. The van der Waals surface area contributed by atoms with Crippen molar-refractivity contribution in [2.75, 3.05) is 0 Å². The third-order valence-corrected chi connectivity index (χ3v) is 4.28. The number of thiazole rings is 1. The molecule has 0 aliphatic heterocycles. The number of aryl methyl sites for hydroxylation is 1. The predicted molar refractivity (Wildman–Crippen MR) is 73.8 cm³/mol. The van der Waals surface area contributed by atoms with Crippen LogP contribution in [0.5, 0.6) is 0 Å². The lowest BCUT2D eigenvalue weighted by atomic mass is 10.1. The van der Waals surface area contributed by atoms with E-state index in [0.717, 1.165) is 10.5 Å². The minimum Gasteiger partial charge on any atom is -0.323 e. The van der Waals surface area contributed by atoms with E-state index < -0.39 is 0 Å². The van der Waals surface area contributed by atoms with Gasteiger partial charge in [0.2, 0.25) is 0 Å². The van der Waals surface area contributed by atoms with Crippen molar-refractivity contribution in [1.82, 2.24) is 4.57 Å². The van der Waals surface area contributed by atoms with Gasteiger partial charge in [0, 0.05) is 11.9 Å². The van der Waals surface area contributed by atoms with Gasteiger partial charge in [-0.15, -0.1) is 11.3 Å². The zero-order chi connectivity index (χ0) is 11.1. The molecule has 0 N–H and O–H groups in total. The van der Waals surface area contributed by atoms with Gasteiger partial charge in [0.25, 0.3) is 0 Å². The first kappa shape index (κ1) is 10.00. The Morgan fingerprint density at radius 2 is 2.00 bits per heavy atom. The van der Waals surface area contributed by atoms with E-state index in [9.17, 15) is 0 Å². The van der Waals surface area contributed by atoms with Crippen molar-refractivity contribution < 1.29 is 0 Å². The third-order valence-electron chi connectivity index (χ3n) is 2.87. The summed E-state index contributed by atoms with van der Waals surface area (Å²) in [4.78, 5) is 0. The second kappa shape index (κ2) is 3.68. The largest absolute Gasteiger partial charge is 0.323 e. The van der Waals surface area contributed by atoms with E-state index in [4.69, 9.17) is 12.2 Å². The first-order valence-corrected chi connectivity index (χ1v) is 6.55. The lowest BCUT2D eigenvalue weighted by molar-refractivity contribution is 0.796. The van der Waals surface area contributed by atoms with Crippen LogP contribution >= 0.6 is 23.6 Å². The number of aromatic nitrogens is 1. The fourth-order valence-corrected chi connectivity index (χ4v) is 3.58. The van der Waals surface area contributed by atoms with Crippen molar-refractivity contribution in [1.29, 1.82) is 0 Å². The molecule has 0 radical (unpaired) electrons. The minimum atomic E-state index is 0.937. The highest BCUT2D eigenvalue weighted by Gasteiger charge is 2.06. The van der Waals surface area contributed by atoms with Gasteiger partial charge in [0.15, 0.2) is 3.95 Å². The fourth-order valence-electron chi connectivity index (χ4n) is 2.12. The molecule has 0 atom stereocenters. The second-order valence-corrected chi connectivity index (χ2v) is 5.42. The van der Waals surface area contributed by atoms with Crippen molar-refractivity contribution in [2.45, 2.75) is 13.5 Å². The van der Waals surface area contributed by atoms with Gasteiger partial charge < -0.3 is 4.57 Å². The molecule has 0 unspecified atom stereocenters. The maximum atomic E-state index is 5.40. The third kappa shape index (κ3) is 1.32. The number of rotatable bonds is 1. The van der Waals surface area contributed by atoms with Crippen LogP contribution in [0.2, 0.25) is 0 Å². The summed E-state index contributed by atoms with van der Waals surface area (Å²) >= 11 is 7.09. The normalized spacial score (nSPS) is 11.3. The molecule has 0 saturated heterocycles. The maximum absolute atomic E-state index is 5.40. The Kier molecular flexibility index (Phi) is 2.30. The van der Waals surface area contributed by atoms with Crippen LogP contribution in [0, 0.1) is 3.95 Å². The van der Waals surface area contributed by atoms with Gasteiger partial charge in [-0.1, -0.05) is 30.3 Å². The maximum Gasteiger partial charge on any atom is 0.162 e. The molecule has 16 heavy (non-hydrogen) atoms. The predicted octanol–water partition coefficient (Wildman–Crippen LogP) is 4.61. The molecule has 2 aromatic carbocycles. The Labute approximate surface area is 103 Å². The molecule has 1 aromatic heterocycles. The zero-order valence-corrected chi connectivity index (χ0v) is 10.6. The van der Waals surface area contributed by atoms with Crippen LogP contribution in [0.15, 0.2) is 36.4 Å². The lowest BCUT2D eigenvalue weighted by Gasteiger charge is -2.03. The highest BCUT2D eigenvalue weighted by molar-refractivity contribution is 7.73. The molecule has 80 valence electrons. The van der Waals surface area contributed by atoms with Crippen LogP contribution in [0.4, 0.5) is 0 Å². The first-order valence-electron chi connectivity index (χ1n) is 5.32. The zero-order valence-electron chi connectivity index (χ0n) is 8.93. The van der Waals surface area contributed by atoms with E-state index in [1.807, 2.05) is 0 Å². The molecule has 0 aliphatic carbocycles. The summed E-state index contributed by atoms with van der Waals surface area (Å²) < 4.78 is 4.47. The van der Waals surface area contributed by atoms with Crippen LogP contribution in [-0.4, -0.2) is 4.57 Å². The van der Waals surface area contributed by atoms with Crippen molar-refractivity contribution >= 4 is 44.5 Å². The highest BCUT2D eigenvalue weighted by atomic mass is 32.1. The Hall–Kier alpha value is -1.19. The minimum absolute atomic E-state index is 0.937. The molecule has 1 heterocycles. The summed E-state index contributed by atoms with van der Waals surface area (Å²) in [7, 11) is 0. The summed E-state index contributed by atoms with van der Waals surface area (Å²) in [6, 6.07) is 12.8. The van der Waals surface area contributed by atoms with E-state index in [-0.39, 0.29) is 0 Å². The molecule has 0 amide bonds. The monoisotopic (exact) mass is 245 g/mol. The van der Waals surface area contributed by atoms with Crippen LogP contribution in [0.1, 0.15) is 6.92 Å². The van der Waals surface area contributed by atoms with Gasteiger partial charge in [0.05, 0.1) is 10.2 Å². The van der Waals surface area contributed by atoms with E-state index in [1.165, 1.54) is 21.0 Å². The van der Waals surface area contributed by atoms with Gasteiger partial charge in [-0.25, -0.2) is 0 Å². The van der Waals surface area contributed by atoms with Gasteiger partial charge in [-0.2, -0.15) is 0 Å². The van der Waals surface area contributed by atoms with Gasteiger partial charge in [-0.05, 0) is 30.6 Å². The van der Waals surface area contributed by atoms with Crippen molar-refractivity contribution in [3.05, 3.63) is 40.4 Å². The standard InChI is InChI=1S/C13H11NS2/c1-2-14-12-10-6-4-3-5-9(10)7-8-11(12)16-13(14)15/h3-8H,2H2,1H3. The summed E-state index contributed by atoms with van der Waals surface area (Å²) in [6.45, 7) is 3.08. The second-order valence-electron chi connectivity index (χ2n) is 3.75.